The number of carbonyl (C=O) groups excluding carboxylic acids is 2. The molecule has 3 aromatic rings. The molecule has 0 bridgehead atoms. The highest BCUT2D eigenvalue weighted by Crippen LogP contribution is 2.22. The Balaban J connectivity index is 1.56. The summed E-state index contributed by atoms with van der Waals surface area (Å²) in [5.41, 5.74) is 1.45. The molecule has 0 saturated heterocycles. The molecule has 1 atom stereocenters. The van der Waals surface area contributed by atoms with Gasteiger partial charge in [-0.2, -0.15) is 0 Å². The van der Waals surface area contributed by atoms with Crippen molar-refractivity contribution < 1.29 is 14.3 Å². The summed E-state index contributed by atoms with van der Waals surface area (Å²) >= 11 is 7.27. The SMILES string of the molecule is C[C@H](OC(=O)/C=C/c1nc2ccccc2s1)C(=O)Nc1ccc(Cl)cc1. The number of nitrogens with zero attached hydrogens (tertiary/aromatic N) is 1. The Bertz CT molecular complexity index is 933. The fourth-order valence-corrected chi connectivity index (χ4v) is 3.14. The topological polar surface area (TPSA) is 68.3 Å². The van der Waals surface area contributed by atoms with Gasteiger partial charge in [0.25, 0.3) is 5.91 Å². The van der Waals surface area contributed by atoms with E-state index in [1.54, 1.807) is 30.3 Å². The summed E-state index contributed by atoms with van der Waals surface area (Å²) in [6, 6.07) is 14.4. The molecule has 0 radical (unpaired) electrons. The van der Waals surface area contributed by atoms with Crippen LogP contribution < -0.4 is 5.32 Å². The van der Waals surface area contributed by atoms with Gasteiger partial charge in [-0.15, -0.1) is 11.3 Å². The highest BCUT2D eigenvalue weighted by molar-refractivity contribution is 7.19. The summed E-state index contributed by atoms with van der Waals surface area (Å²) in [6.07, 6.45) is 1.92. The van der Waals surface area contributed by atoms with Crippen LogP contribution in [0.3, 0.4) is 0 Å². The summed E-state index contributed by atoms with van der Waals surface area (Å²) in [4.78, 5) is 28.4. The van der Waals surface area contributed by atoms with Gasteiger partial charge in [-0.3, -0.25) is 4.79 Å². The first-order chi connectivity index (χ1) is 12.5. The first-order valence-corrected chi connectivity index (χ1v) is 9.01. The van der Waals surface area contributed by atoms with Crippen LogP contribution in [0.5, 0.6) is 0 Å². The molecule has 26 heavy (non-hydrogen) atoms. The number of carbonyl (C=O) groups is 2. The Morgan fingerprint density at radius 2 is 1.92 bits per heavy atom. The number of esters is 1. The number of rotatable bonds is 5. The van der Waals surface area contributed by atoms with Crippen LogP contribution in [0.2, 0.25) is 5.02 Å². The Morgan fingerprint density at radius 3 is 2.65 bits per heavy atom. The maximum Gasteiger partial charge on any atom is 0.331 e. The average molecular weight is 387 g/mol. The number of thiazole rings is 1. The molecule has 1 aromatic heterocycles. The third kappa shape index (κ3) is 4.68. The minimum atomic E-state index is -0.932. The first kappa shape index (κ1) is 18.1. The number of aromatic nitrogens is 1. The first-order valence-electron chi connectivity index (χ1n) is 7.82. The molecule has 5 nitrogen and oxygen atoms in total. The molecule has 7 heteroatoms. The highest BCUT2D eigenvalue weighted by atomic mass is 35.5. The number of anilines is 1. The van der Waals surface area contributed by atoms with Crippen molar-refractivity contribution in [2.24, 2.45) is 0 Å². The van der Waals surface area contributed by atoms with Crippen molar-refractivity contribution in [2.45, 2.75) is 13.0 Å². The van der Waals surface area contributed by atoms with Gasteiger partial charge >= 0.3 is 5.97 Å². The maximum atomic E-state index is 12.1. The lowest BCUT2D eigenvalue weighted by Gasteiger charge is -2.12. The van der Waals surface area contributed by atoms with E-state index in [0.29, 0.717) is 15.7 Å². The molecule has 0 aliphatic rings. The number of fused-ring (bicyclic) bond motifs is 1. The number of halogens is 1. The zero-order valence-electron chi connectivity index (χ0n) is 13.8. The molecule has 3 rings (SSSR count). The van der Waals surface area contributed by atoms with Crippen LogP contribution in [-0.4, -0.2) is 23.0 Å². The van der Waals surface area contributed by atoms with Crippen molar-refractivity contribution in [3.8, 4) is 0 Å². The van der Waals surface area contributed by atoms with E-state index < -0.39 is 18.0 Å². The van der Waals surface area contributed by atoms with Crippen LogP contribution in [0.4, 0.5) is 5.69 Å². The van der Waals surface area contributed by atoms with Gasteiger partial charge < -0.3 is 10.1 Å². The molecule has 0 unspecified atom stereocenters. The number of hydrogen-bond donors (Lipinski definition) is 1. The smallest absolute Gasteiger partial charge is 0.331 e. The van der Waals surface area contributed by atoms with Gasteiger partial charge in [0.15, 0.2) is 6.10 Å². The van der Waals surface area contributed by atoms with E-state index in [2.05, 4.69) is 10.3 Å². The number of amides is 1. The molecule has 1 amide bonds. The Labute approximate surface area is 159 Å². The van der Waals surface area contributed by atoms with E-state index >= 15 is 0 Å². The van der Waals surface area contributed by atoms with Gasteiger partial charge in [0.05, 0.1) is 10.2 Å². The van der Waals surface area contributed by atoms with Gasteiger partial charge in [-0.1, -0.05) is 23.7 Å². The van der Waals surface area contributed by atoms with E-state index in [1.165, 1.54) is 24.3 Å². The van der Waals surface area contributed by atoms with Crippen LogP contribution in [0.15, 0.2) is 54.6 Å². The molecule has 0 saturated carbocycles. The average Bonchev–Trinajstić information content (AvgIpc) is 3.05. The third-order valence-electron chi connectivity index (χ3n) is 3.45. The summed E-state index contributed by atoms with van der Waals surface area (Å²) in [7, 11) is 0. The molecule has 0 aliphatic carbocycles. The molecule has 1 heterocycles. The van der Waals surface area contributed by atoms with E-state index in [0.717, 1.165) is 10.2 Å². The normalized spacial score (nSPS) is 12.2. The van der Waals surface area contributed by atoms with Crippen molar-refractivity contribution >= 4 is 56.8 Å². The molecule has 0 spiro atoms. The maximum absolute atomic E-state index is 12.1. The number of nitrogens with one attached hydrogen (secondary N) is 1. The zero-order valence-corrected chi connectivity index (χ0v) is 15.4. The molecule has 1 N–H and O–H groups in total. The van der Waals surface area contributed by atoms with E-state index in [1.807, 2.05) is 24.3 Å². The van der Waals surface area contributed by atoms with Crippen molar-refractivity contribution in [2.75, 3.05) is 5.32 Å². The minimum Gasteiger partial charge on any atom is -0.449 e. The summed E-state index contributed by atoms with van der Waals surface area (Å²) in [6.45, 7) is 1.51. The lowest BCUT2D eigenvalue weighted by atomic mass is 10.3. The zero-order chi connectivity index (χ0) is 18.5. The molecule has 0 fully saturated rings. The van der Waals surface area contributed by atoms with Crippen molar-refractivity contribution in [1.82, 2.24) is 4.98 Å². The van der Waals surface area contributed by atoms with Gasteiger partial charge in [0, 0.05) is 16.8 Å². The van der Waals surface area contributed by atoms with E-state index in [-0.39, 0.29) is 0 Å². The van der Waals surface area contributed by atoms with Crippen LogP contribution in [0, 0.1) is 0 Å². The van der Waals surface area contributed by atoms with Crippen LogP contribution >= 0.6 is 22.9 Å². The second-order valence-electron chi connectivity index (χ2n) is 5.43. The van der Waals surface area contributed by atoms with Crippen LogP contribution in [-0.2, 0) is 14.3 Å². The van der Waals surface area contributed by atoms with Crippen molar-refractivity contribution in [3.05, 3.63) is 64.6 Å². The standard InChI is InChI=1S/C19H15ClN2O3S/c1-12(19(24)21-14-8-6-13(20)7-9-14)25-18(23)11-10-17-22-15-4-2-3-5-16(15)26-17/h2-12H,1H3,(H,21,24)/b11-10+/t12-/m0/s1. The van der Waals surface area contributed by atoms with Gasteiger partial charge in [0.2, 0.25) is 0 Å². The van der Waals surface area contributed by atoms with Gasteiger partial charge in [-0.05, 0) is 49.4 Å². The second kappa shape index (κ2) is 8.12. The molecular weight excluding hydrogens is 372 g/mol. The summed E-state index contributed by atoms with van der Waals surface area (Å²) in [5, 5.41) is 3.92. The minimum absolute atomic E-state index is 0.422. The number of ether oxygens (including phenoxy) is 1. The quantitative estimate of drug-likeness (QED) is 0.516. The fourth-order valence-electron chi connectivity index (χ4n) is 2.14. The molecular formula is C19H15ClN2O3S. The Hall–Kier alpha value is -2.70. The second-order valence-corrected chi connectivity index (χ2v) is 6.93. The van der Waals surface area contributed by atoms with Crippen LogP contribution in [0.1, 0.15) is 11.9 Å². The predicted octanol–water partition coefficient (Wildman–Crippen LogP) is 4.53. The Morgan fingerprint density at radius 1 is 1.19 bits per heavy atom. The predicted molar refractivity (Wildman–Crippen MR) is 104 cm³/mol. The van der Waals surface area contributed by atoms with E-state index in [9.17, 15) is 9.59 Å². The van der Waals surface area contributed by atoms with Crippen LogP contribution in [0.25, 0.3) is 16.3 Å². The molecule has 132 valence electrons. The van der Waals surface area contributed by atoms with Crippen molar-refractivity contribution in [3.63, 3.8) is 0 Å². The van der Waals surface area contributed by atoms with Gasteiger partial charge in [-0.25, -0.2) is 9.78 Å². The number of hydrogen-bond acceptors (Lipinski definition) is 5. The fraction of sp³-hybridized carbons (Fsp3) is 0.105. The summed E-state index contributed by atoms with van der Waals surface area (Å²) in [5.74, 6) is -1.03. The number of benzene rings is 2. The largest absolute Gasteiger partial charge is 0.449 e. The monoisotopic (exact) mass is 386 g/mol. The Kier molecular flexibility index (Phi) is 5.65. The summed E-state index contributed by atoms with van der Waals surface area (Å²) < 4.78 is 6.16. The lowest BCUT2D eigenvalue weighted by molar-refractivity contribution is -0.148. The molecule has 0 aliphatic heterocycles. The molecule has 2 aromatic carbocycles. The van der Waals surface area contributed by atoms with Gasteiger partial charge in [0.1, 0.15) is 5.01 Å². The highest BCUT2D eigenvalue weighted by Gasteiger charge is 2.16. The van der Waals surface area contributed by atoms with E-state index in [4.69, 9.17) is 16.3 Å². The lowest BCUT2D eigenvalue weighted by Crippen LogP contribution is -2.29. The number of para-hydroxylation sites is 1. The third-order valence-corrected chi connectivity index (χ3v) is 4.70. The van der Waals surface area contributed by atoms with Crippen molar-refractivity contribution in [1.29, 1.82) is 0 Å².